The molecule has 0 saturated carbocycles. The molecular formula is C60H37N3O2. The number of rotatable bonds is 2. The van der Waals surface area contributed by atoms with Gasteiger partial charge in [0.15, 0.2) is 5.58 Å². The number of allylic oxidation sites excluding steroid dienone is 4. The second-order valence-electron chi connectivity index (χ2n) is 17.9. The predicted octanol–water partition coefficient (Wildman–Crippen LogP) is 15.4. The first kappa shape index (κ1) is 35.2. The van der Waals surface area contributed by atoms with E-state index in [2.05, 4.69) is 187 Å². The summed E-state index contributed by atoms with van der Waals surface area (Å²) in [5.41, 5.74) is 13.1. The third-order valence-corrected chi connectivity index (χ3v) is 14.7. The van der Waals surface area contributed by atoms with Crippen LogP contribution >= 0.6 is 0 Å². The van der Waals surface area contributed by atoms with Gasteiger partial charge in [0.25, 0.3) is 0 Å². The zero-order chi connectivity index (χ0) is 42.5. The molecule has 9 aromatic carbocycles. The summed E-state index contributed by atoms with van der Waals surface area (Å²) in [4.78, 5) is 11.0. The van der Waals surface area contributed by atoms with Gasteiger partial charge >= 0.3 is 0 Å². The Hall–Kier alpha value is -8.28. The second-order valence-corrected chi connectivity index (χ2v) is 17.9. The largest absolute Gasteiger partial charge is 0.456 e. The number of hydrogen-bond donors (Lipinski definition) is 0. The molecule has 5 nitrogen and oxygen atoms in total. The van der Waals surface area contributed by atoms with Crippen molar-refractivity contribution < 1.29 is 9.15 Å². The molecule has 15 rings (SSSR count). The molecule has 0 saturated heterocycles. The van der Waals surface area contributed by atoms with Crippen LogP contribution in [0.1, 0.15) is 35.6 Å². The van der Waals surface area contributed by atoms with Gasteiger partial charge in [-0.25, -0.2) is 9.97 Å². The van der Waals surface area contributed by atoms with Gasteiger partial charge in [0, 0.05) is 27.5 Å². The summed E-state index contributed by atoms with van der Waals surface area (Å²) in [5.74, 6) is 2.66. The Bertz CT molecular complexity index is 4130. The van der Waals surface area contributed by atoms with Gasteiger partial charge in [-0.2, -0.15) is 0 Å². The van der Waals surface area contributed by atoms with Crippen molar-refractivity contribution in [2.45, 2.75) is 18.8 Å². The summed E-state index contributed by atoms with van der Waals surface area (Å²) >= 11 is 0. The normalized spacial score (nSPS) is 17.5. The summed E-state index contributed by atoms with van der Waals surface area (Å²) in [6.07, 6.45) is 5.69. The lowest BCUT2D eigenvalue weighted by atomic mass is 9.62. The zero-order valence-electron chi connectivity index (χ0n) is 35.3. The molecule has 65 heavy (non-hydrogen) atoms. The smallest absolute Gasteiger partial charge is 0.236 e. The van der Waals surface area contributed by atoms with Crippen molar-refractivity contribution in [1.29, 1.82) is 0 Å². The number of ether oxygens (including phenoxy) is 1. The third kappa shape index (κ3) is 4.47. The Morgan fingerprint density at radius 1 is 0.569 bits per heavy atom. The van der Waals surface area contributed by atoms with Crippen LogP contribution in [0.3, 0.4) is 0 Å². The van der Waals surface area contributed by atoms with E-state index in [1.165, 1.54) is 65.7 Å². The molecule has 3 aromatic heterocycles. The van der Waals surface area contributed by atoms with Crippen LogP contribution in [0.5, 0.6) is 11.5 Å². The van der Waals surface area contributed by atoms with Gasteiger partial charge in [0.1, 0.15) is 28.3 Å². The van der Waals surface area contributed by atoms with E-state index in [0.29, 0.717) is 17.4 Å². The number of furan rings is 1. The minimum atomic E-state index is -0.526. The first-order valence-corrected chi connectivity index (χ1v) is 22.5. The molecule has 3 aliphatic rings. The van der Waals surface area contributed by atoms with Crippen LogP contribution in [0.25, 0.3) is 99.0 Å². The molecule has 304 valence electrons. The van der Waals surface area contributed by atoms with E-state index in [4.69, 9.17) is 19.1 Å². The van der Waals surface area contributed by atoms with E-state index in [0.717, 1.165) is 67.5 Å². The summed E-state index contributed by atoms with van der Waals surface area (Å²) in [7, 11) is 0. The highest BCUT2D eigenvalue weighted by Crippen LogP contribution is 2.65. The fourth-order valence-corrected chi connectivity index (χ4v) is 12.1. The Morgan fingerprint density at radius 3 is 2.05 bits per heavy atom. The molecule has 2 atom stereocenters. The highest BCUT2D eigenvalue weighted by atomic mass is 16.5. The van der Waals surface area contributed by atoms with Crippen molar-refractivity contribution in [2.75, 3.05) is 0 Å². The predicted molar refractivity (Wildman–Crippen MR) is 264 cm³/mol. The van der Waals surface area contributed by atoms with E-state index in [1.54, 1.807) is 0 Å². The number of para-hydroxylation sites is 3. The van der Waals surface area contributed by atoms with E-state index in [9.17, 15) is 0 Å². The Morgan fingerprint density at radius 2 is 1.23 bits per heavy atom. The Labute approximate surface area is 373 Å². The number of benzene rings is 9. The highest BCUT2D eigenvalue weighted by molar-refractivity contribution is 6.26. The number of hydrogen-bond acceptors (Lipinski definition) is 4. The van der Waals surface area contributed by atoms with E-state index < -0.39 is 5.41 Å². The highest BCUT2D eigenvalue weighted by Gasteiger charge is 2.54. The Balaban J connectivity index is 1.04. The van der Waals surface area contributed by atoms with Gasteiger partial charge in [-0.05, 0) is 103 Å². The van der Waals surface area contributed by atoms with Crippen molar-refractivity contribution in [2.24, 2.45) is 5.92 Å². The van der Waals surface area contributed by atoms with Gasteiger partial charge in [0.05, 0.1) is 21.8 Å². The summed E-state index contributed by atoms with van der Waals surface area (Å²) in [5, 5.41) is 10.4. The fourth-order valence-electron chi connectivity index (χ4n) is 12.1. The van der Waals surface area contributed by atoms with Crippen molar-refractivity contribution in [3.05, 3.63) is 216 Å². The molecule has 0 fully saturated rings. The second kappa shape index (κ2) is 12.7. The molecule has 2 unspecified atom stereocenters. The molecule has 0 amide bonds. The fraction of sp³-hybridized carbons (Fsp3) is 0.0667. The molecular weight excluding hydrogens is 795 g/mol. The van der Waals surface area contributed by atoms with E-state index in [-0.39, 0.29) is 0 Å². The lowest BCUT2D eigenvalue weighted by Crippen LogP contribution is -2.35. The Kier molecular flexibility index (Phi) is 6.87. The van der Waals surface area contributed by atoms with Crippen LogP contribution < -0.4 is 4.74 Å². The zero-order valence-corrected chi connectivity index (χ0v) is 35.3. The molecule has 1 aliphatic heterocycles. The number of fused-ring (bicyclic) bond motifs is 21. The first-order valence-electron chi connectivity index (χ1n) is 22.5. The maximum atomic E-state index is 7.27. The van der Waals surface area contributed by atoms with Gasteiger partial charge in [-0.3, -0.25) is 4.57 Å². The minimum absolute atomic E-state index is 0.327. The van der Waals surface area contributed by atoms with Crippen LogP contribution in [-0.2, 0) is 5.41 Å². The maximum absolute atomic E-state index is 7.27. The summed E-state index contributed by atoms with van der Waals surface area (Å²) < 4.78 is 16.2. The molecule has 12 aromatic rings. The van der Waals surface area contributed by atoms with Crippen LogP contribution in [-0.4, -0.2) is 14.5 Å². The standard InChI is InChI=1S/C60H37N3O2/c1-34-15-14-23-42-41-20-6-9-24-46(41)60(54(34)42)47-25-10-13-28-52(47)65-57-48(60)31-32-50-53(57)43-21-7-11-26-49(43)63(50)59-61-55(58-56(62-59)44-22-8-12-27-51(44)64-58)35-29-30-40-38-18-3-2-16-36(38)37-17-4-5-19-39(37)45(40)33-35/h2-14,16-34H,15H2,1H3. The van der Waals surface area contributed by atoms with Gasteiger partial charge < -0.3 is 9.15 Å². The molecule has 0 radical (unpaired) electrons. The van der Waals surface area contributed by atoms with Crippen LogP contribution in [0.4, 0.5) is 0 Å². The van der Waals surface area contributed by atoms with Crippen molar-refractivity contribution >= 4 is 81.8 Å². The van der Waals surface area contributed by atoms with Gasteiger partial charge in [0.2, 0.25) is 5.95 Å². The van der Waals surface area contributed by atoms with E-state index in [1.807, 2.05) is 12.1 Å². The average molecular weight is 832 g/mol. The van der Waals surface area contributed by atoms with Gasteiger partial charge in [-0.15, -0.1) is 0 Å². The number of nitrogens with zero attached hydrogens (tertiary/aromatic N) is 3. The first-order chi connectivity index (χ1) is 32.2. The van der Waals surface area contributed by atoms with Crippen molar-refractivity contribution in [3.8, 4) is 28.7 Å². The molecule has 0 bridgehead atoms. The lowest BCUT2D eigenvalue weighted by molar-refractivity contribution is 0.429. The van der Waals surface area contributed by atoms with Crippen molar-refractivity contribution in [1.82, 2.24) is 14.5 Å². The molecule has 5 heteroatoms. The van der Waals surface area contributed by atoms with Crippen LogP contribution in [0.15, 0.2) is 198 Å². The monoisotopic (exact) mass is 831 g/mol. The quantitative estimate of drug-likeness (QED) is 0.163. The topological polar surface area (TPSA) is 53.1 Å². The average Bonchev–Trinajstić information content (AvgIpc) is 4.01. The van der Waals surface area contributed by atoms with E-state index >= 15 is 0 Å². The van der Waals surface area contributed by atoms with Crippen LogP contribution in [0.2, 0.25) is 0 Å². The molecule has 0 N–H and O–H groups in total. The molecule has 2 aliphatic carbocycles. The maximum Gasteiger partial charge on any atom is 0.236 e. The van der Waals surface area contributed by atoms with Gasteiger partial charge in [-0.1, -0.05) is 159 Å². The number of aromatic nitrogens is 3. The SMILES string of the molecule is CC1CC=CC2=C1C1(c3ccccc3Oc3c1ccc1c3c3ccccc3n1-c1nc(-c3ccc4c5ccccc5c5ccccc5c4c3)c3oc4ccccc4c3n1)c1ccccc12. The summed E-state index contributed by atoms with van der Waals surface area (Å²) in [6.45, 7) is 2.39. The molecule has 1 spiro atoms. The van der Waals surface area contributed by atoms with Crippen LogP contribution in [0, 0.1) is 5.92 Å². The lowest BCUT2D eigenvalue weighted by Gasteiger charge is -2.43. The van der Waals surface area contributed by atoms with Crippen molar-refractivity contribution in [3.63, 3.8) is 0 Å². The third-order valence-electron chi connectivity index (χ3n) is 14.7. The molecule has 4 heterocycles. The summed E-state index contributed by atoms with van der Waals surface area (Å²) in [6, 6.07) is 63.2. The minimum Gasteiger partial charge on any atom is -0.456 e.